The molecule has 0 unspecified atom stereocenters. The van der Waals surface area contributed by atoms with Crippen molar-refractivity contribution in [2.24, 2.45) is 7.05 Å². The largest absolute Gasteiger partial charge is 0.416 e. The average molecular weight is 460 g/mol. The summed E-state index contributed by atoms with van der Waals surface area (Å²) in [4.78, 5) is 30.3. The highest BCUT2D eigenvalue weighted by Gasteiger charge is 2.30. The van der Waals surface area contributed by atoms with Crippen molar-refractivity contribution in [1.82, 2.24) is 28.5 Å². The minimum Gasteiger partial charge on any atom is -0.321 e. The minimum absolute atomic E-state index is 0.136. The lowest BCUT2D eigenvalue weighted by atomic mass is 10.1. The third-order valence-corrected chi connectivity index (χ3v) is 5.50. The Bertz CT molecular complexity index is 1440. The Hall–Kier alpha value is -3.63. The van der Waals surface area contributed by atoms with E-state index in [0.29, 0.717) is 47.6 Å². The fourth-order valence-electron chi connectivity index (χ4n) is 3.93. The molecular weight excluding hydrogens is 437 g/mol. The SMILES string of the molecule is CCCn1c(=O)c2c(nc(-c3cnn(Cc4cccc(C(F)(F)F)c4)c3)n2C)n(CC)c1=O. The van der Waals surface area contributed by atoms with Gasteiger partial charge >= 0.3 is 11.9 Å². The molecule has 0 saturated heterocycles. The van der Waals surface area contributed by atoms with Gasteiger partial charge in [-0.15, -0.1) is 0 Å². The molecule has 0 bridgehead atoms. The molecule has 11 heteroatoms. The lowest BCUT2D eigenvalue weighted by molar-refractivity contribution is -0.137. The van der Waals surface area contributed by atoms with E-state index in [2.05, 4.69) is 10.1 Å². The number of halogens is 3. The molecule has 0 spiro atoms. The molecule has 0 radical (unpaired) electrons. The number of aromatic nitrogens is 6. The van der Waals surface area contributed by atoms with Crippen molar-refractivity contribution in [3.8, 4) is 11.4 Å². The number of aryl methyl sites for hydroxylation is 2. The lowest BCUT2D eigenvalue weighted by Gasteiger charge is -2.09. The van der Waals surface area contributed by atoms with Crippen LogP contribution in [-0.2, 0) is 32.9 Å². The number of fused-ring (bicyclic) bond motifs is 1. The first-order valence-electron chi connectivity index (χ1n) is 10.5. The molecule has 4 rings (SSSR count). The van der Waals surface area contributed by atoms with Crippen LogP contribution in [0.5, 0.6) is 0 Å². The molecule has 174 valence electrons. The van der Waals surface area contributed by atoms with Crippen molar-refractivity contribution >= 4 is 11.2 Å². The fraction of sp³-hybridized carbons (Fsp3) is 0.364. The fourth-order valence-corrected chi connectivity index (χ4v) is 3.93. The smallest absolute Gasteiger partial charge is 0.321 e. The summed E-state index contributed by atoms with van der Waals surface area (Å²) in [7, 11) is 1.69. The van der Waals surface area contributed by atoms with E-state index in [4.69, 9.17) is 0 Å². The first-order valence-corrected chi connectivity index (χ1v) is 10.5. The van der Waals surface area contributed by atoms with Gasteiger partial charge in [-0.05, 0) is 31.0 Å². The molecule has 0 fully saturated rings. The summed E-state index contributed by atoms with van der Waals surface area (Å²) in [6, 6.07) is 5.07. The topological polar surface area (TPSA) is 79.6 Å². The van der Waals surface area contributed by atoms with Gasteiger partial charge in [-0.3, -0.25) is 18.6 Å². The molecule has 3 aromatic heterocycles. The highest BCUT2D eigenvalue weighted by atomic mass is 19.4. The maximum Gasteiger partial charge on any atom is 0.416 e. The standard InChI is InChI=1S/C22H23F3N6O2/c1-4-9-31-20(32)17-19(30(5-2)21(31)33)27-18(28(17)3)15-11-26-29(13-15)12-14-7-6-8-16(10-14)22(23,24)25/h6-8,10-11,13H,4-5,9,12H2,1-3H3. The van der Waals surface area contributed by atoms with Gasteiger partial charge < -0.3 is 4.57 Å². The highest BCUT2D eigenvalue weighted by molar-refractivity contribution is 5.76. The predicted molar refractivity (Wildman–Crippen MR) is 117 cm³/mol. The third kappa shape index (κ3) is 3.98. The summed E-state index contributed by atoms with van der Waals surface area (Å²) in [5.41, 5.74) is 0.113. The number of rotatable bonds is 6. The molecular formula is C22H23F3N6O2. The Morgan fingerprint density at radius 2 is 1.85 bits per heavy atom. The van der Waals surface area contributed by atoms with Gasteiger partial charge in [0.2, 0.25) is 0 Å². The Balaban J connectivity index is 1.76. The molecule has 4 aromatic rings. The Morgan fingerprint density at radius 3 is 2.52 bits per heavy atom. The first kappa shape index (κ1) is 22.6. The normalized spacial score (nSPS) is 12.1. The van der Waals surface area contributed by atoms with Crippen molar-refractivity contribution in [3.63, 3.8) is 0 Å². The second kappa shape index (κ2) is 8.38. The maximum atomic E-state index is 13.0. The van der Waals surface area contributed by atoms with Gasteiger partial charge in [0.15, 0.2) is 11.2 Å². The minimum atomic E-state index is -4.42. The van der Waals surface area contributed by atoms with Crippen LogP contribution in [0.2, 0.25) is 0 Å². The van der Waals surface area contributed by atoms with Crippen LogP contribution in [0.4, 0.5) is 13.2 Å². The predicted octanol–water partition coefficient (Wildman–Crippen LogP) is 3.26. The van der Waals surface area contributed by atoms with E-state index < -0.39 is 23.0 Å². The molecule has 8 nitrogen and oxygen atoms in total. The van der Waals surface area contributed by atoms with Crippen molar-refractivity contribution in [2.75, 3.05) is 0 Å². The van der Waals surface area contributed by atoms with Crippen LogP contribution in [0.3, 0.4) is 0 Å². The summed E-state index contributed by atoms with van der Waals surface area (Å²) in [5, 5.41) is 4.25. The Morgan fingerprint density at radius 1 is 1.09 bits per heavy atom. The molecule has 0 atom stereocenters. The monoisotopic (exact) mass is 460 g/mol. The summed E-state index contributed by atoms with van der Waals surface area (Å²) >= 11 is 0. The van der Waals surface area contributed by atoms with Gasteiger partial charge in [-0.2, -0.15) is 18.3 Å². The van der Waals surface area contributed by atoms with E-state index in [-0.39, 0.29) is 6.54 Å². The number of imidazole rings is 1. The van der Waals surface area contributed by atoms with Crippen LogP contribution in [-0.4, -0.2) is 28.5 Å². The molecule has 0 N–H and O–H groups in total. The molecule has 0 saturated carbocycles. The average Bonchev–Trinajstić information content (AvgIpc) is 3.35. The van der Waals surface area contributed by atoms with Crippen LogP contribution < -0.4 is 11.2 Å². The van der Waals surface area contributed by atoms with Gasteiger partial charge in [-0.25, -0.2) is 9.78 Å². The molecule has 0 aliphatic heterocycles. The van der Waals surface area contributed by atoms with E-state index in [1.54, 1.807) is 23.9 Å². The van der Waals surface area contributed by atoms with Gasteiger partial charge in [-0.1, -0.05) is 19.1 Å². The van der Waals surface area contributed by atoms with Gasteiger partial charge in [0, 0.05) is 26.3 Å². The second-order valence-corrected chi connectivity index (χ2v) is 7.77. The molecule has 3 heterocycles. The number of hydrogen-bond donors (Lipinski definition) is 0. The molecule has 0 aliphatic rings. The van der Waals surface area contributed by atoms with Crippen LogP contribution in [0.25, 0.3) is 22.6 Å². The molecule has 1 aromatic carbocycles. The summed E-state index contributed by atoms with van der Waals surface area (Å²) in [5.74, 6) is 0.438. The van der Waals surface area contributed by atoms with Crippen molar-refractivity contribution in [1.29, 1.82) is 0 Å². The summed E-state index contributed by atoms with van der Waals surface area (Å²) in [6.45, 7) is 4.49. The zero-order valence-corrected chi connectivity index (χ0v) is 18.4. The van der Waals surface area contributed by atoms with Gasteiger partial charge in [0.1, 0.15) is 5.82 Å². The van der Waals surface area contributed by atoms with Crippen molar-refractivity contribution < 1.29 is 13.2 Å². The van der Waals surface area contributed by atoms with Crippen LogP contribution in [0, 0.1) is 0 Å². The van der Waals surface area contributed by atoms with E-state index in [9.17, 15) is 22.8 Å². The van der Waals surface area contributed by atoms with Gasteiger partial charge in [0.05, 0.1) is 23.9 Å². The Kier molecular flexibility index (Phi) is 5.73. The highest BCUT2D eigenvalue weighted by Crippen LogP contribution is 2.30. The summed E-state index contributed by atoms with van der Waals surface area (Å²) in [6.07, 6.45) is -0.594. The van der Waals surface area contributed by atoms with Crippen LogP contribution in [0.1, 0.15) is 31.4 Å². The molecule has 0 amide bonds. The van der Waals surface area contributed by atoms with E-state index in [1.165, 1.54) is 26.1 Å². The number of hydrogen-bond acceptors (Lipinski definition) is 4. The number of benzene rings is 1. The van der Waals surface area contributed by atoms with Crippen LogP contribution in [0.15, 0.2) is 46.2 Å². The number of alkyl halides is 3. The molecule has 0 aliphatic carbocycles. The number of nitrogens with zero attached hydrogens (tertiary/aromatic N) is 6. The lowest BCUT2D eigenvalue weighted by Crippen LogP contribution is -2.40. The summed E-state index contributed by atoms with van der Waals surface area (Å²) < 4.78 is 44.8. The van der Waals surface area contributed by atoms with Crippen LogP contribution >= 0.6 is 0 Å². The maximum absolute atomic E-state index is 13.0. The zero-order valence-electron chi connectivity index (χ0n) is 18.4. The Labute approximate surface area is 186 Å². The molecule has 33 heavy (non-hydrogen) atoms. The second-order valence-electron chi connectivity index (χ2n) is 7.77. The third-order valence-electron chi connectivity index (χ3n) is 5.50. The van der Waals surface area contributed by atoms with E-state index in [1.807, 2.05) is 13.8 Å². The van der Waals surface area contributed by atoms with E-state index >= 15 is 0 Å². The van der Waals surface area contributed by atoms with Gasteiger partial charge in [0.25, 0.3) is 5.56 Å². The zero-order chi connectivity index (χ0) is 23.9. The van der Waals surface area contributed by atoms with Crippen molar-refractivity contribution in [2.45, 2.75) is 46.1 Å². The van der Waals surface area contributed by atoms with Crippen molar-refractivity contribution in [3.05, 3.63) is 68.6 Å². The first-order chi connectivity index (χ1) is 15.7. The van der Waals surface area contributed by atoms with E-state index in [0.717, 1.165) is 12.1 Å². The quantitative estimate of drug-likeness (QED) is 0.443.